The molecule has 1 N–H and O–H groups in total. The fourth-order valence-electron chi connectivity index (χ4n) is 1.90. The molecule has 1 aromatic heterocycles. The molecule has 0 aliphatic heterocycles. The van der Waals surface area contributed by atoms with Gasteiger partial charge in [0.15, 0.2) is 0 Å². The Morgan fingerprint density at radius 2 is 2.12 bits per heavy atom. The number of hydrogen-bond acceptors (Lipinski definition) is 3. The number of nitrogens with one attached hydrogen (secondary N) is 1. The van der Waals surface area contributed by atoms with E-state index in [0.717, 1.165) is 31.8 Å². The molecule has 17 heavy (non-hydrogen) atoms. The lowest BCUT2D eigenvalue weighted by Gasteiger charge is -2.25. The molecular formula is C13H26N4. The maximum absolute atomic E-state index is 4.35. The predicted octanol–water partition coefficient (Wildman–Crippen LogP) is 2.25. The van der Waals surface area contributed by atoms with E-state index < -0.39 is 0 Å². The van der Waals surface area contributed by atoms with Crippen molar-refractivity contribution in [1.29, 1.82) is 0 Å². The van der Waals surface area contributed by atoms with E-state index in [2.05, 4.69) is 50.0 Å². The zero-order chi connectivity index (χ0) is 12.9. The number of nitrogens with zero attached hydrogens (tertiary/aromatic N) is 3. The average molecular weight is 238 g/mol. The van der Waals surface area contributed by atoms with Crippen molar-refractivity contribution in [2.45, 2.75) is 60.0 Å². The molecule has 0 aliphatic carbocycles. The van der Waals surface area contributed by atoms with Crippen molar-refractivity contribution in [2.24, 2.45) is 5.41 Å². The van der Waals surface area contributed by atoms with Crippen LogP contribution in [0.25, 0.3) is 0 Å². The Bertz CT molecular complexity index is 328. The predicted molar refractivity (Wildman–Crippen MR) is 70.9 cm³/mol. The summed E-state index contributed by atoms with van der Waals surface area (Å²) in [6.07, 6.45) is 3.80. The maximum atomic E-state index is 4.35. The quantitative estimate of drug-likeness (QED) is 0.792. The Balaban J connectivity index is 2.48. The molecule has 0 fully saturated rings. The molecule has 0 unspecified atom stereocenters. The molecular weight excluding hydrogens is 212 g/mol. The van der Waals surface area contributed by atoms with Gasteiger partial charge < -0.3 is 5.32 Å². The summed E-state index contributed by atoms with van der Waals surface area (Å²) in [5.74, 6) is 1.10. The third kappa shape index (κ3) is 4.86. The van der Waals surface area contributed by atoms with Crippen LogP contribution in [0.1, 0.15) is 46.9 Å². The van der Waals surface area contributed by atoms with Crippen LogP contribution in [-0.2, 0) is 13.0 Å². The van der Waals surface area contributed by atoms with Gasteiger partial charge in [0.1, 0.15) is 12.2 Å². The van der Waals surface area contributed by atoms with E-state index in [1.807, 2.05) is 4.68 Å². The summed E-state index contributed by atoms with van der Waals surface area (Å²) in [7, 11) is 0. The topological polar surface area (TPSA) is 42.7 Å². The van der Waals surface area contributed by atoms with Crippen LogP contribution in [0.15, 0.2) is 6.33 Å². The summed E-state index contributed by atoms with van der Waals surface area (Å²) in [6.45, 7) is 13.0. The number of rotatable bonds is 7. The van der Waals surface area contributed by atoms with Crippen molar-refractivity contribution < 1.29 is 0 Å². The third-order valence-electron chi connectivity index (χ3n) is 2.99. The van der Waals surface area contributed by atoms with Crippen LogP contribution in [-0.4, -0.2) is 27.4 Å². The average Bonchev–Trinajstić information content (AvgIpc) is 2.63. The SMILES string of the molecule is CCn1ncnc1CC(C)(C)CCNC(C)C. The van der Waals surface area contributed by atoms with E-state index in [-0.39, 0.29) is 5.41 Å². The highest BCUT2D eigenvalue weighted by Crippen LogP contribution is 2.24. The molecule has 1 rings (SSSR count). The molecule has 4 nitrogen and oxygen atoms in total. The van der Waals surface area contributed by atoms with E-state index >= 15 is 0 Å². The summed E-state index contributed by atoms with van der Waals surface area (Å²) in [6, 6.07) is 0.560. The second-order valence-electron chi connectivity index (χ2n) is 5.69. The summed E-state index contributed by atoms with van der Waals surface area (Å²) in [5.41, 5.74) is 0.266. The van der Waals surface area contributed by atoms with Gasteiger partial charge >= 0.3 is 0 Å². The molecule has 0 bridgehead atoms. The van der Waals surface area contributed by atoms with Gasteiger partial charge in [-0.05, 0) is 25.3 Å². The van der Waals surface area contributed by atoms with E-state index in [0.29, 0.717) is 6.04 Å². The van der Waals surface area contributed by atoms with Crippen LogP contribution < -0.4 is 5.32 Å². The van der Waals surface area contributed by atoms with Crippen molar-refractivity contribution >= 4 is 0 Å². The summed E-state index contributed by atoms with van der Waals surface area (Å²) in [5, 5.41) is 7.68. The minimum atomic E-state index is 0.266. The zero-order valence-corrected chi connectivity index (χ0v) is 11.8. The van der Waals surface area contributed by atoms with Crippen LogP contribution in [0.5, 0.6) is 0 Å². The molecule has 98 valence electrons. The molecule has 0 aromatic carbocycles. The summed E-state index contributed by atoms with van der Waals surface area (Å²) < 4.78 is 1.98. The zero-order valence-electron chi connectivity index (χ0n) is 11.8. The van der Waals surface area contributed by atoms with Gasteiger partial charge in [0.25, 0.3) is 0 Å². The molecule has 1 heterocycles. The summed E-state index contributed by atoms with van der Waals surface area (Å²) in [4.78, 5) is 4.35. The fourth-order valence-corrected chi connectivity index (χ4v) is 1.90. The lowest BCUT2D eigenvalue weighted by Crippen LogP contribution is -2.29. The maximum Gasteiger partial charge on any atom is 0.138 e. The first-order valence-corrected chi connectivity index (χ1v) is 6.54. The molecule has 1 aromatic rings. The first kappa shape index (κ1) is 14.2. The van der Waals surface area contributed by atoms with Gasteiger partial charge in [-0.1, -0.05) is 27.7 Å². The molecule has 0 aliphatic rings. The molecule has 4 heteroatoms. The Morgan fingerprint density at radius 3 is 2.71 bits per heavy atom. The van der Waals surface area contributed by atoms with Crippen molar-refractivity contribution in [3.8, 4) is 0 Å². The minimum absolute atomic E-state index is 0.266. The highest BCUT2D eigenvalue weighted by Gasteiger charge is 2.21. The van der Waals surface area contributed by atoms with Crippen molar-refractivity contribution in [2.75, 3.05) is 6.54 Å². The number of hydrogen-bond donors (Lipinski definition) is 1. The van der Waals surface area contributed by atoms with Crippen molar-refractivity contribution in [1.82, 2.24) is 20.1 Å². The minimum Gasteiger partial charge on any atom is -0.315 e. The Morgan fingerprint density at radius 1 is 1.41 bits per heavy atom. The fraction of sp³-hybridized carbons (Fsp3) is 0.846. The van der Waals surface area contributed by atoms with Crippen LogP contribution in [0, 0.1) is 5.41 Å². The van der Waals surface area contributed by atoms with Gasteiger partial charge in [0.2, 0.25) is 0 Å². The van der Waals surface area contributed by atoms with Gasteiger partial charge in [-0.25, -0.2) is 4.98 Å². The Hall–Kier alpha value is -0.900. The normalized spacial score (nSPS) is 12.4. The molecule has 0 amide bonds. The smallest absolute Gasteiger partial charge is 0.138 e. The van der Waals surface area contributed by atoms with Gasteiger partial charge in [-0.2, -0.15) is 5.10 Å². The van der Waals surface area contributed by atoms with Crippen molar-refractivity contribution in [3.05, 3.63) is 12.2 Å². The van der Waals surface area contributed by atoms with Gasteiger partial charge in [0.05, 0.1) is 0 Å². The lowest BCUT2D eigenvalue weighted by atomic mass is 9.85. The lowest BCUT2D eigenvalue weighted by molar-refractivity contribution is 0.308. The second kappa shape index (κ2) is 6.15. The molecule has 0 radical (unpaired) electrons. The van der Waals surface area contributed by atoms with Crippen molar-refractivity contribution in [3.63, 3.8) is 0 Å². The highest BCUT2D eigenvalue weighted by molar-refractivity contribution is 4.91. The highest BCUT2D eigenvalue weighted by atomic mass is 15.3. The third-order valence-corrected chi connectivity index (χ3v) is 2.99. The van der Waals surface area contributed by atoms with E-state index in [9.17, 15) is 0 Å². The molecule has 0 spiro atoms. The first-order chi connectivity index (χ1) is 7.94. The van der Waals surface area contributed by atoms with Crippen LogP contribution >= 0.6 is 0 Å². The van der Waals surface area contributed by atoms with E-state index in [4.69, 9.17) is 0 Å². The second-order valence-corrected chi connectivity index (χ2v) is 5.69. The Labute approximate surface area is 105 Å². The molecule has 0 saturated heterocycles. The van der Waals surface area contributed by atoms with Gasteiger partial charge in [0, 0.05) is 19.0 Å². The van der Waals surface area contributed by atoms with Crippen LogP contribution in [0.3, 0.4) is 0 Å². The molecule has 0 saturated carbocycles. The largest absolute Gasteiger partial charge is 0.315 e. The van der Waals surface area contributed by atoms with Crippen LogP contribution in [0.2, 0.25) is 0 Å². The number of aromatic nitrogens is 3. The summed E-state index contributed by atoms with van der Waals surface area (Å²) >= 11 is 0. The van der Waals surface area contributed by atoms with Gasteiger partial charge in [-0.3, -0.25) is 4.68 Å². The standard InChI is InChI=1S/C13H26N4/c1-6-17-12(15-10-16-17)9-13(4,5)7-8-14-11(2)3/h10-11,14H,6-9H2,1-5H3. The van der Waals surface area contributed by atoms with Gasteiger partial charge in [-0.15, -0.1) is 0 Å². The Kier molecular flexibility index (Phi) is 5.12. The monoisotopic (exact) mass is 238 g/mol. The number of aryl methyl sites for hydroxylation is 1. The first-order valence-electron chi connectivity index (χ1n) is 6.54. The van der Waals surface area contributed by atoms with E-state index in [1.54, 1.807) is 6.33 Å². The molecule has 0 atom stereocenters. The van der Waals surface area contributed by atoms with Crippen LogP contribution in [0.4, 0.5) is 0 Å². The van der Waals surface area contributed by atoms with E-state index in [1.165, 1.54) is 0 Å².